The predicted octanol–water partition coefficient (Wildman–Crippen LogP) is 1.27. The quantitative estimate of drug-likeness (QED) is 0.252. The number of pyridine rings is 1. The van der Waals surface area contributed by atoms with E-state index in [-0.39, 0.29) is 63.8 Å². The number of amides is 2. The molecule has 0 saturated carbocycles. The van der Waals surface area contributed by atoms with Gasteiger partial charge in [-0.25, -0.2) is 22.9 Å². The number of hydrogen-bond acceptors (Lipinski definition) is 8. The third-order valence-electron chi connectivity index (χ3n) is 4.28. The molecule has 0 radical (unpaired) electrons. The molecule has 0 atom stereocenters. The minimum absolute atomic E-state index is 0. The van der Waals surface area contributed by atoms with E-state index < -0.39 is 21.9 Å². The van der Waals surface area contributed by atoms with Crippen molar-refractivity contribution in [2.45, 2.75) is 31.6 Å². The van der Waals surface area contributed by atoms with Gasteiger partial charge in [0.1, 0.15) is 5.69 Å². The van der Waals surface area contributed by atoms with Gasteiger partial charge in [-0.3, -0.25) is 9.59 Å². The van der Waals surface area contributed by atoms with Crippen LogP contribution in [0.1, 0.15) is 57.9 Å². The van der Waals surface area contributed by atoms with Gasteiger partial charge in [-0.05, 0) is 56.2 Å². The average molecular weight is 502 g/mol. The number of carbonyl (C=O) groups is 3. The van der Waals surface area contributed by atoms with Crippen LogP contribution in [0.15, 0.2) is 47.5 Å². The number of carbonyl (C=O) groups excluding carboxylic acids is 3. The number of rotatable bonds is 12. The van der Waals surface area contributed by atoms with E-state index >= 15 is 0 Å². The van der Waals surface area contributed by atoms with Crippen molar-refractivity contribution in [1.82, 2.24) is 15.0 Å². The molecule has 1 aromatic heterocycles. The number of aromatic nitrogens is 1. The van der Waals surface area contributed by atoms with E-state index in [9.17, 15) is 22.8 Å². The van der Waals surface area contributed by atoms with E-state index in [1.54, 1.807) is 0 Å². The Hall–Kier alpha value is -2.31. The summed E-state index contributed by atoms with van der Waals surface area (Å²) >= 11 is 0. The van der Waals surface area contributed by atoms with Gasteiger partial charge in [-0.15, -0.1) is 0 Å². The van der Waals surface area contributed by atoms with Gasteiger partial charge >= 0.3 is 35.5 Å². The molecule has 2 N–H and O–H groups in total. The van der Waals surface area contributed by atoms with E-state index in [0.29, 0.717) is 32.6 Å². The van der Waals surface area contributed by atoms with E-state index in [2.05, 4.69) is 10.3 Å². The number of hydrogen-bond donors (Lipinski definition) is 2. The van der Waals surface area contributed by atoms with Gasteiger partial charge < -0.3 is 14.8 Å². The molecule has 10 nitrogen and oxygen atoms in total. The predicted molar refractivity (Wildman–Crippen MR) is 126 cm³/mol. The second-order valence-corrected chi connectivity index (χ2v) is 8.52. The zero-order valence-corrected chi connectivity index (χ0v) is 19.3. The molecule has 0 unspecified atom stereocenters. The Morgan fingerprint density at radius 1 is 0.941 bits per heavy atom. The van der Waals surface area contributed by atoms with Crippen molar-refractivity contribution < 1.29 is 32.3 Å². The van der Waals surface area contributed by atoms with Gasteiger partial charge in [0.05, 0.1) is 17.1 Å². The average Bonchev–Trinajstić information content (AvgIpc) is 2.82. The zero-order chi connectivity index (χ0) is 24.3. The number of esters is 1. The van der Waals surface area contributed by atoms with Crippen molar-refractivity contribution in [1.29, 1.82) is 0 Å². The van der Waals surface area contributed by atoms with Gasteiger partial charge in [0.15, 0.2) is 0 Å². The summed E-state index contributed by atoms with van der Waals surface area (Å²) in [6.45, 7) is 5.55. The Bertz CT molecular complexity index is 1060. The molecule has 0 spiro atoms. The van der Waals surface area contributed by atoms with Crippen molar-refractivity contribution in [2.75, 3.05) is 26.4 Å². The molecule has 0 aliphatic rings. The third-order valence-corrected chi connectivity index (χ3v) is 5.63. The molecule has 2 rings (SSSR count). The molecule has 0 saturated heterocycles. The number of ether oxygens (including phenoxy) is 2. The van der Waals surface area contributed by atoms with Gasteiger partial charge in [0.2, 0.25) is 0 Å². The summed E-state index contributed by atoms with van der Waals surface area (Å²) < 4.78 is 37.1. The Morgan fingerprint density at radius 3 is 2.21 bits per heavy atom. The van der Waals surface area contributed by atoms with Crippen molar-refractivity contribution in [3.63, 3.8) is 0 Å². The summed E-state index contributed by atoms with van der Waals surface area (Å²) in [6.07, 6.45) is 2.41. The summed E-state index contributed by atoms with van der Waals surface area (Å²) in [4.78, 5) is 39.9. The minimum atomic E-state index is -4.18. The van der Waals surface area contributed by atoms with E-state index in [0.717, 1.165) is 6.20 Å². The maximum atomic E-state index is 12.5. The summed E-state index contributed by atoms with van der Waals surface area (Å²) in [7, 11) is -4.18. The second-order valence-electron chi connectivity index (χ2n) is 6.83. The molecule has 0 fully saturated rings. The van der Waals surface area contributed by atoms with Crippen LogP contribution < -0.4 is 10.0 Å². The fourth-order valence-electron chi connectivity index (χ4n) is 2.57. The van der Waals surface area contributed by atoms with Crippen LogP contribution >= 0.6 is 0 Å². The van der Waals surface area contributed by atoms with E-state index in [1.165, 1.54) is 36.4 Å². The van der Waals surface area contributed by atoms with Gasteiger partial charge in [0.25, 0.3) is 21.8 Å². The summed E-state index contributed by atoms with van der Waals surface area (Å²) in [6, 6.07) is 7.73. The van der Waals surface area contributed by atoms with Crippen molar-refractivity contribution >= 4 is 57.4 Å². The van der Waals surface area contributed by atoms with E-state index in [1.807, 2.05) is 18.6 Å². The van der Waals surface area contributed by atoms with Crippen LogP contribution in [-0.4, -0.2) is 87.1 Å². The fraction of sp³-hybridized carbons (Fsp3) is 0.364. The summed E-state index contributed by atoms with van der Waals surface area (Å²) in [5, 5.41) is 2.72. The molecule has 180 valence electrons. The number of benzene rings is 1. The van der Waals surface area contributed by atoms with Crippen molar-refractivity contribution in [3.05, 3.63) is 59.4 Å². The van der Waals surface area contributed by atoms with Crippen LogP contribution in [0.4, 0.5) is 0 Å². The van der Waals surface area contributed by atoms with Crippen LogP contribution in [0.2, 0.25) is 0 Å². The summed E-state index contributed by atoms with van der Waals surface area (Å²) in [5.74, 6) is -1.88. The molecule has 12 heteroatoms. The molecular formula is C22H28N3NaO7S. The molecule has 0 aliphatic carbocycles. The molecule has 2 amide bonds. The van der Waals surface area contributed by atoms with Crippen LogP contribution in [0, 0.1) is 0 Å². The molecule has 2 aromatic rings. The van der Waals surface area contributed by atoms with Crippen molar-refractivity contribution in [2.24, 2.45) is 0 Å². The molecule has 1 aromatic carbocycles. The summed E-state index contributed by atoms with van der Waals surface area (Å²) in [5.41, 5.74) is 0.245. The third kappa shape index (κ3) is 9.15. The normalized spacial score (nSPS) is 10.6. The molecule has 0 bridgehead atoms. The first-order valence-corrected chi connectivity index (χ1v) is 11.9. The van der Waals surface area contributed by atoms with Gasteiger partial charge in [-0.1, -0.05) is 6.92 Å². The Morgan fingerprint density at radius 2 is 1.62 bits per heavy atom. The first kappa shape index (κ1) is 29.7. The SMILES string of the molecule is CCCOC(=O)c1ccc(C(=O)NS(=O)(=O)c2ccc(C(=O)NCCCOCC)cc2)cn1.[NaH]. The number of nitrogens with zero attached hydrogens (tertiary/aromatic N) is 1. The van der Waals surface area contributed by atoms with Crippen LogP contribution in [0.25, 0.3) is 0 Å². The van der Waals surface area contributed by atoms with Gasteiger partial charge in [0, 0.05) is 31.5 Å². The van der Waals surface area contributed by atoms with Crippen LogP contribution in [0.5, 0.6) is 0 Å². The molecule has 1 heterocycles. The second kappa shape index (κ2) is 14.8. The topological polar surface area (TPSA) is 141 Å². The van der Waals surface area contributed by atoms with Gasteiger partial charge in [-0.2, -0.15) is 0 Å². The maximum absolute atomic E-state index is 12.5. The zero-order valence-electron chi connectivity index (χ0n) is 18.5. The molecule has 0 aliphatic heterocycles. The monoisotopic (exact) mass is 501 g/mol. The standard InChI is InChI=1S/C22H27N3O7S.Na.H/c1-3-13-32-22(28)19-11-8-17(15-24-19)21(27)25-33(29,30)18-9-6-16(7-10-18)20(26)23-12-5-14-31-4-2;;/h6-11,15H,3-5,12-14H2,1-2H3,(H,23,26)(H,25,27);;. The van der Waals surface area contributed by atoms with E-state index in [4.69, 9.17) is 9.47 Å². The van der Waals surface area contributed by atoms with Crippen LogP contribution in [0.3, 0.4) is 0 Å². The molecular weight excluding hydrogens is 473 g/mol. The Kier molecular flexibility index (Phi) is 13.0. The number of nitrogens with one attached hydrogen (secondary N) is 2. The Labute approximate surface area is 221 Å². The number of sulfonamides is 1. The molecule has 34 heavy (non-hydrogen) atoms. The first-order chi connectivity index (χ1) is 15.8. The first-order valence-electron chi connectivity index (χ1n) is 10.4. The van der Waals surface area contributed by atoms with Crippen molar-refractivity contribution in [3.8, 4) is 0 Å². The van der Waals surface area contributed by atoms with Crippen LogP contribution in [-0.2, 0) is 19.5 Å². The Balaban J connectivity index is 0.00000578. The fourth-order valence-corrected chi connectivity index (χ4v) is 3.54.